The van der Waals surface area contributed by atoms with Crippen molar-refractivity contribution in [2.75, 3.05) is 0 Å². The summed E-state index contributed by atoms with van der Waals surface area (Å²) < 4.78 is 9.46. The number of rotatable bonds is 1. The minimum absolute atomic E-state index is 0.355. The molecule has 0 fully saturated rings. The first-order valence-electron chi connectivity index (χ1n) is 5.50. The van der Waals surface area contributed by atoms with Crippen LogP contribution in [0.2, 0.25) is 14.0 Å². The molecule has 0 N–H and O–H groups in total. The van der Waals surface area contributed by atoms with Gasteiger partial charge in [-0.3, -0.25) is 0 Å². The third-order valence-electron chi connectivity index (χ3n) is 3.81. The van der Waals surface area contributed by atoms with Gasteiger partial charge < -0.3 is 0 Å². The molecule has 0 aromatic heterocycles. The second kappa shape index (κ2) is 3.43. The van der Waals surface area contributed by atoms with Crippen LogP contribution >= 0.6 is 0 Å². The van der Waals surface area contributed by atoms with E-state index in [0.29, 0.717) is 5.41 Å². The zero-order valence-electron chi connectivity index (χ0n) is 11.0. The van der Waals surface area contributed by atoms with Crippen molar-refractivity contribution in [3.05, 3.63) is 20.0 Å². The van der Waals surface area contributed by atoms with Crippen LogP contribution in [-0.2, 0) is 20.0 Å². The predicted molar refractivity (Wildman–Crippen MR) is 62.4 cm³/mol. The van der Waals surface area contributed by atoms with Gasteiger partial charge in [0.1, 0.15) is 0 Å². The maximum absolute atomic E-state index is 2.54. The molecule has 0 nitrogen and oxygen atoms in total. The molecule has 14 heavy (non-hydrogen) atoms. The number of hydrogen-bond donors (Lipinski definition) is 0. The van der Waals surface area contributed by atoms with Crippen LogP contribution in [0.5, 0.6) is 0 Å². The molecule has 0 aromatic rings. The average Bonchev–Trinajstić information content (AvgIpc) is 2.10. The number of hydrogen-bond acceptors (Lipinski definition) is 0. The first-order valence-corrected chi connectivity index (χ1v) is 18.1. The molecule has 0 spiro atoms. The first-order chi connectivity index (χ1) is 6.10. The molecule has 1 rings (SSSR count). The molecular weight excluding hydrogens is 335 g/mol. The van der Waals surface area contributed by atoms with Crippen LogP contribution in [0.4, 0.5) is 0 Å². The van der Waals surface area contributed by atoms with Crippen LogP contribution in [0.15, 0.2) is 20.0 Å². The summed E-state index contributed by atoms with van der Waals surface area (Å²) in [5, 5.41) is 0. The van der Waals surface area contributed by atoms with Gasteiger partial charge in [-0.05, 0) is 0 Å². The molecule has 1 aliphatic rings. The molecule has 0 aromatic carbocycles. The predicted octanol–water partition coefficient (Wildman–Crippen LogP) is 4.93. The van der Waals surface area contributed by atoms with Gasteiger partial charge in [0.25, 0.3) is 0 Å². The van der Waals surface area contributed by atoms with Crippen molar-refractivity contribution in [3.8, 4) is 0 Å². The Morgan fingerprint density at radius 1 is 0.857 bits per heavy atom. The van der Waals surface area contributed by atoms with Crippen molar-refractivity contribution in [2.24, 2.45) is 5.41 Å². The van der Waals surface area contributed by atoms with Crippen molar-refractivity contribution in [2.45, 2.75) is 48.7 Å². The second-order valence-electron chi connectivity index (χ2n) is 6.12. The Morgan fingerprint density at radius 2 is 1.29 bits per heavy atom. The SMILES string of the molecule is CC1=C(C)C(C)(C)[C]([Hf]([CH3])([CH3])[CH3])=C1C. The van der Waals surface area contributed by atoms with Gasteiger partial charge in [-0.2, -0.15) is 0 Å². The average molecular weight is 359 g/mol. The van der Waals surface area contributed by atoms with Crippen LogP contribution < -0.4 is 0 Å². The van der Waals surface area contributed by atoms with E-state index in [4.69, 9.17) is 0 Å². The van der Waals surface area contributed by atoms with E-state index in [-0.39, 0.29) is 0 Å². The van der Waals surface area contributed by atoms with Crippen LogP contribution in [0.25, 0.3) is 0 Å². The van der Waals surface area contributed by atoms with Crippen molar-refractivity contribution < 1.29 is 20.0 Å². The summed E-state index contributed by atoms with van der Waals surface area (Å²) in [5.41, 5.74) is 5.12. The van der Waals surface area contributed by atoms with E-state index < -0.39 is 20.0 Å². The molecule has 0 heterocycles. The van der Waals surface area contributed by atoms with Gasteiger partial charge in [-0.25, -0.2) is 0 Å². The quantitative estimate of drug-likeness (QED) is 0.583. The summed E-state index contributed by atoms with van der Waals surface area (Å²) in [7, 11) is 0. The molecule has 0 bridgehead atoms. The van der Waals surface area contributed by atoms with E-state index in [2.05, 4.69) is 48.7 Å². The zero-order chi connectivity index (χ0) is 11.3. The van der Waals surface area contributed by atoms with Crippen molar-refractivity contribution in [1.82, 2.24) is 0 Å². The normalized spacial score (nSPS) is 22.3. The van der Waals surface area contributed by atoms with Crippen molar-refractivity contribution >= 4 is 0 Å². The first kappa shape index (κ1) is 12.4. The van der Waals surface area contributed by atoms with Gasteiger partial charge >= 0.3 is 94.1 Å². The molecule has 0 saturated carbocycles. The third kappa shape index (κ3) is 1.73. The van der Waals surface area contributed by atoms with Gasteiger partial charge in [0, 0.05) is 0 Å². The van der Waals surface area contributed by atoms with Gasteiger partial charge in [-0.1, -0.05) is 0 Å². The molecule has 1 aliphatic carbocycles. The molecule has 0 saturated heterocycles. The Bertz CT molecular complexity index is 322. The Balaban J connectivity index is 3.37. The Hall–Kier alpha value is 0.350. The monoisotopic (exact) mass is 360 g/mol. The molecule has 1 heteroatoms. The summed E-state index contributed by atoms with van der Waals surface area (Å²) in [5.74, 6) is 0. The topological polar surface area (TPSA) is 0 Å². The molecular formula is C13H24Hf. The molecule has 80 valence electrons. The standard InChI is InChI=1S/C10H15.3CH3.Hf/c1-7-6-10(4,5)9(3)8(7)2;;;;/h1-5H3;3*1H3;. The minimum atomic E-state index is -2.04. The summed E-state index contributed by atoms with van der Waals surface area (Å²) in [4.78, 5) is 0. The van der Waals surface area contributed by atoms with Crippen molar-refractivity contribution in [3.63, 3.8) is 0 Å². The third-order valence-corrected chi connectivity index (χ3v) is 12.8. The van der Waals surface area contributed by atoms with Gasteiger partial charge in [-0.15, -0.1) is 0 Å². The van der Waals surface area contributed by atoms with Crippen molar-refractivity contribution in [1.29, 1.82) is 0 Å². The van der Waals surface area contributed by atoms with Crippen LogP contribution in [0, 0.1) is 5.41 Å². The van der Waals surface area contributed by atoms with Crippen LogP contribution in [0.3, 0.4) is 0 Å². The summed E-state index contributed by atoms with van der Waals surface area (Å²) >= 11 is -2.04. The maximum atomic E-state index is 2.54. The molecule has 0 radical (unpaired) electrons. The Kier molecular flexibility index (Phi) is 3.05. The van der Waals surface area contributed by atoms with E-state index in [1.54, 1.807) is 16.7 Å². The molecule has 0 aliphatic heterocycles. The fourth-order valence-electron chi connectivity index (χ4n) is 3.09. The van der Waals surface area contributed by atoms with Gasteiger partial charge in [0.05, 0.1) is 0 Å². The van der Waals surface area contributed by atoms with E-state index >= 15 is 0 Å². The Morgan fingerprint density at radius 3 is 1.43 bits per heavy atom. The van der Waals surface area contributed by atoms with Gasteiger partial charge in [0.15, 0.2) is 0 Å². The fourth-order valence-corrected chi connectivity index (χ4v) is 15.2. The molecule has 0 atom stereocenters. The zero-order valence-corrected chi connectivity index (χ0v) is 14.6. The van der Waals surface area contributed by atoms with Gasteiger partial charge in [0.2, 0.25) is 0 Å². The van der Waals surface area contributed by atoms with E-state index in [9.17, 15) is 0 Å². The van der Waals surface area contributed by atoms with Crippen LogP contribution in [-0.4, -0.2) is 0 Å². The second-order valence-corrected chi connectivity index (χ2v) is 24.1. The Labute approximate surface area is 93.8 Å². The fraction of sp³-hybridized carbons (Fsp3) is 0.692. The molecule has 0 amide bonds. The van der Waals surface area contributed by atoms with Crippen LogP contribution in [0.1, 0.15) is 34.6 Å². The summed E-state index contributed by atoms with van der Waals surface area (Å²) in [6.07, 6.45) is 0. The van der Waals surface area contributed by atoms with E-state index in [1.807, 2.05) is 3.33 Å². The summed E-state index contributed by atoms with van der Waals surface area (Å²) in [6, 6.07) is 0. The van der Waals surface area contributed by atoms with E-state index in [1.165, 1.54) is 0 Å². The number of allylic oxidation sites excluding steroid dienone is 4. The van der Waals surface area contributed by atoms with E-state index in [0.717, 1.165) is 0 Å². The molecule has 0 unspecified atom stereocenters. The summed E-state index contributed by atoms with van der Waals surface area (Å²) in [6.45, 7) is 11.7.